The molecule has 2 amide bonds. The minimum atomic E-state index is -0.481. The van der Waals surface area contributed by atoms with Crippen LogP contribution in [0.4, 0.5) is 17.2 Å². The molecule has 30 heavy (non-hydrogen) atoms. The number of hydrogen-bond donors (Lipinski definition) is 3. The predicted octanol–water partition coefficient (Wildman–Crippen LogP) is 2.57. The lowest BCUT2D eigenvalue weighted by Gasteiger charge is -2.19. The highest BCUT2D eigenvalue weighted by Gasteiger charge is 2.17. The summed E-state index contributed by atoms with van der Waals surface area (Å²) in [6.07, 6.45) is 5.36. The van der Waals surface area contributed by atoms with Gasteiger partial charge in [0.25, 0.3) is 5.91 Å². The van der Waals surface area contributed by atoms with Crippen molar-refractivity contribution < 1.29 is 14.3 Å². The molecule has 0 radical (unpaired) electrons. The zero-order valence-corrected chi connectivity index (χ0v) is 15.6. The molecule has 1 aliphatic heterocycles. The summed E-state index contributed by atoms with van der Waals surface area (Å²) in [5.74, 6) is 0.474. The van der Waals surface area contributed by atoms with Crippen LogP contribution < -0.4 is 21.1 Å². The second-order valence-corrected chi connectivity index (χ2v) is 6.75. The first kappa shape index (κ1) is 17.7. The number of benzene rings is 2. The van der Waals surface area contributed by atoms with Gasteiger partial charge in [-0.1, -0.05) is 12.1 Å². The van der Waals surface area contributed by atoms with Crippen LogP contribution in [0, 0.1) is 0 Å². The molecule has 0 saturated carbocycles. The van der Waals surface area contributed by atoms with E-state index in [1.165, 1.54) is 0 Å². The number of nitrogens with zero attached hydrogens (tertiary/aromatic N) is 3. The number of aromatic nitrogens is 3. The monoisotopic (exact) mass is 400 g/mol. The van der Waals surface area contributed by atoms with Crippen molar-refractivity contribution in [3.8, 4) is 17.0 Å². The van der Waals surface area contributed by atoms with Crippen molar-refractivity contribution in [3.05, 3.63) is 66.6 Å². The summed E-state index contributed by atoms with van der Waals surface area (Å²) in [6.45, 7) is 0.00656. The lowest BCUT2D eigenvalue weighted by atomic mass is 10.1. The Labute approximate surface area is 170 Å². The van der Waals surface area contributed by atoms with E-state index >= 15 is 0 Å². The molecule has 148 valence electrons. The van der Waals surface area contributed by atoms with E-state index in [1.54, 1.807) is 42.6 Å². The Hall–Kier alpha value is -4.40. The van der Waals surface area contributed by atoms with Crippen molar-refractivity contribution in [1.82, 2.24) is 14.4 Å². The molecule has 4 N–H and O–H groups in total. The number of ether oxygens (including phenoxy) is 1. The second-order valence-electron chi connectivity index (χ2n) is 6.75. The molecule has 0 spiro atoms. The van der Waals surface area contributed by atoms with Gasteiger partial charge in [0, 0.05) is 35.4 Å². The summed E-state index contributed by atoms with van der Waals surface area (Å²) in [4.78, 5) is 32.0. The maximum absolute atomic E-state index is 11.6. The van der Waals surface area contributed by atoms with E-state index < -0.39 is 5.91 Å². The standard InChI is InChI=1S/C21H16N6O3/c22-19(29)13-3-1-12(2-4-13)16-10-27-8-7-23-21(27)20(26-16)24-14-5-6-17-15(9-14)25-18(28)11-30-17/h1-10H,11H2,(H2,22,29)(H,24,26)(H,25,28). The number of carbonyl (C=O) groups excluding carboxylic acids is 2. The number of amides is 2. The molecule has 2 aromatic heterocycles. The van der Waals surface area contributed by atoms with Crippen LogP contribution in [-0.2, 0) is 4.79 Å². The van der Waals surface area contributed by atoms with Crippen molar-refractivity contribution >= 4 is 34.7 Å². The fourth-order valence-corrected chi connectivity index (χ4v) is 3.26. The van der Waals surface area contributed by atoms with Crippen LogP contribution in [0.1, 0.15) is 10.4 Å². The number of imidazole rings is 1. The number of primary amides is 1. The summed E-state index contributed by atoms with van der Waals surface area (Å²) in [5, 5.41) is 6.05. The highest BCUT2D eigenvalue weighted by atomic mass is 16.5. The van der Waals surface area contributed by atoms with Gasteiger partial charge in [-0.05, 0) is 30.3 Å². The molecule has 0 saturated heterocycles. The van der Waals surface area contributed by atoms with Crippen LogP contribution in [0.3, 0.4) is 0 Å². The van der Waals surface area contributed by atoms with Crippen molar-refractivity contribution in [3.63, 3.8) is 0 Å². The van der Waals surface area contributed by atoms with E-state index in [-0.39, 0.29) is 12.5 Å². The Bertz CT molecular complexity index is 1300. The normalized spacial score (nSPS) is 12.7. The molecule has 0 fully saturated rings. The van der Waals surface area contributed by atoms with E-state index in [1.807, 2.05) is 22.9 Å². The highest BCUT2D eigenvalue weighted by Crippen LogP contribution is 2.32. The van der Waals surface area contributed by atoms with Crippen molar-refractivity contribution in [2.75, 3.05) is 17.2 Å². The SMILES string of the molecule is NC(=O)c1ccc(-c2cn3ccnc3c(Nc3ccc4c(c3)NC(=O)CO4)n2)cc1. The zero-order chi connectivity index (χ0) is 20.7. The number of carbonyl (C=O) groups is 2. The Morgan fingerprint density at radius 1 is 1.20 bits per heavy atom. The molecule has 5 rings (SSSR count). The van der Waals surface area contributed by atoms with E-state index in [9.17, 15) is 9.59 Å². The van der Waals surface area contributed by atoms with E-state index in [4.69, 9.17) is 15.5 Å². The third-order valence-electron chi connectivity index (χ3n) is 4.71. The average Bonchev–Trinajstić information content (AvgIpc) is 3.22. The van der Waals surface area contributed by atoms with Crippen LogP contribution in [0.25, 0.3) is 16.9 Å². The first-order valence-electron chi connectivity index (χ1n) is 9.14. The number of hydrogen-bond acceptors (Lipinski definition) is 6. The molecule has 9 heteroatoms. The molecule has 4 aromatic rings. The first-order chi connectivity index (χ1) is 14.6. The van der Waals surface area contributed by atoms with Gasteiger partial charge in [-0.15, -0.1) is 0 Å². The number of fused-ring (bicyclic) bond motifs is 2. The summed E-state index contributed by atoms with van der Waals surface area (Å²) < 4.78 is 7.25. The smallest absolute Gasteiger partial charge is 0.262 e. The lowest BCUT2D eigenvalue weighted by Crippen LogP contribution is -2.25. The van der Waals surface area contributed by atoms with Gasteiger partial charge in [-0.2, -0.15) is 0 Å². The Morgan fingerprint density at radius 2 is 2.03 bits per heavy atom. The van der Waals surface area contributed by atoms with Gasteiger partial charge in [0.05, 0.1) is 11.4 Å². The molecule has 0 bridgehead atoms. The predicted molar refractivity (Wildman–Crippen MR) is 111 cm³/mol. The van der Waals surface area contributed by atoms with Gasteiger partial charge in [0.2, 0.25) is 5.91 Å². The molecule has 0 atom stereocenters. The van der Waals surface area contributed by atoms with Crippen LogP contribution in [0.15, 0.2) is 61.1 Å². The number of rotatable bonds is 4. The van der Waals surface area contributed by atoms with Crippen LogP contribution in [0.2, 0.25) is 0 Å². The Kier molecular flexibility index (Phi) is 4.06. The van der Waals surface area contributed by atoms with E-state index in [0.29, 0.717) is 34.2 Å². The minimum absolute atomic E-state index is 0.00656. The van der Waals surface area contributed by atoms with Gasteiger partial charge in [0.15, 0.2) is 18.1 Å². The summed E-state index contributed by atoms with van der Waals surface area (Å²) in [6, 6.07) is 12.3. The van der Waals surface area contributed by atoms with Gasteiger partial charge < -0.3 is 25.5 Å². The van der Waals surface area contributed by atoms with Crippen LogP contribution >= 0.6 is 0 Å². The number of nitrogens with one attached hydrogen (secondary N) is 2. The third kappa shape index (κ3) is 3.18. The lowest BCUT2D eigenvalue weighted by molar-refractivity contribution is -0.118. The third-order valence-corrected chi connectivity index (χ3v) is 4.71. The largest absolute Gasteiger partial charge is 0.482 e. The minimum Gasteiger partial charge on any atom is -0.482 e. The van der Waals surface area contributed by atoms with Crippen LogP contribution in [-0.4, -0.2) is 32.8 Å². The van der Waals surface area contributed by atoms with Crippen molar-refractivity contribution in [2.24, 2.45) is 5.73 Å². The number of anilines is 3. The van der Waals surface area contributed by atoms with Crippen molar-refractivity contribution in [2.45, 2.75) is 0 Å². The molecule has 0 unspecified atom stereocenters. The van der Waals surface area contributed by atoms with Gasteiger partial charge in [0.1, 0.15) is 5.75 Å². The highest BCUT2D eigenvalue weighted by molar-refractivity contribution is 5.96. The Morgan fingerprint density at radius 3 is 2.83 bits per heavy atom. The maximum Gasteiger partial charge on any atom is 0.262 e. The van der Waals surface area contributed by atoms with E-state index in [2.05, 4.69) is 15.6 Å². The molecule has 2 aromatic carbocycles. The first-order valence-corrected chi connectivity index (χ1v) is 9.14. The Balaban J connectivity index is 1.53. The maximum atomic E-state index is 11.6. The van der Waals surface area contributed by atoms with Crippen molar-refractivity contribution in [1.29, 1.82) is 0 Å². The van der Waals surface area contributed by atoms with Gasteiger partial charge in [-0.25, -0.2) is 9.97 Å². The average molecular weight is 400 g/mol. The topological polar surface area (TPSA) is 124 Å². The fraction of sp³-hybridized carbons (Fsp3) is 0.0476. The molecule has 1 aliphatic rings. The van der Waals surface area contributed by atoms with Gasteiger partial charge in [-0.3, -0.25) is 9.59 Å². The zero-order valence-electron chi connectivity index (χ0n) is 15.6. The molecular formula is C21H16N6O3. The summed E-state index contributed by atoms with van der Waals surface area (Å²) in [7, 11) is 0. The molecule has 9 nitrogen and oxygen atoms in total. The van der Waals surface area contributed by atoms with Crippen LogP contribution in [0.5, 0.6) is 5.75 Å². The molecule has 0 aliphatic carbocycles. The molecule has 3 heterocycles. The fourth-order valence-electron chi connectivity index (χ4n) is 3.26. The summed E-state index contributed by atoms with van der Waals surface area (Å²) in [5.41, 5.74) is 9.22. The molecular weight excluding hydrogens is 384 g/mol. The van der Waals surface area contributed by atoms with Gasteiger partial charge >= 0.3 is 0 Å². The second kappa shape index (κ2) is 6.89. The summed E-state index contributed by atoms with van der Waals surface area (Å²) >= 11 is 0. The van der Waals surface area contributed by atoms with E-state index in [0.717, 1.165) is 11.3 Å². The number of nitrogens with two attached hydrogens (primary N) is 1. The quantitative estimate of drug-likeness (QED) is 0.484.